The average molecular weight is 341 g/mol. The van der Waals surface area contributed by atoms with E-state index in [-0.39, 0.29) is 5.41 Å². The molecule has 5 aliphatic rings. The molecule has 0 aromatic heterocycles. The summed E-state index contributed by atoms with van der Waals surface area (Å²) in [6.45, 7) is 9.13. The van der Waals surface area contributed by atoms with E-state index in [1.54, 1.807) is 0 Å². The molecule has 0 heterocycles. The lowest BCUT2D eigenvalue weighted by Crippen LogP contribution is -2.53. The molecule has 0 aromatic rings. The van der Waals surface area contributed by atoms with Gasteiger partial charge in [-0.3, -0.25) is 4.79 Å². The van der Waals surface area contributed by atoms with Gasteiger partial charge in [0.2, 0.25) is 0 Å². The molecule has 0 aliphatic heterocycles. The largest absolute Gasteiger partial charge is 0.299 e. The number of ketones is 1. The van der Waals surface area contributed by atoms with E-state index in [4.69, 9.17) is 0 Å². The summed E-state index contributed by atoms with van der Waals surface area (Å²) in [5.74, 6) is 6.42. The fraction of sp³-hybridized carbons (Fsp3) is 0.875. The fourth-order valence-corrected chi connectivity index (χ4v) is 8.51. The minimum atomic E-state index is 0.0323. The van der Waals surface area contributed by atoms with Gasteiger partial charge in [0.25, 0.3) is 0 Å². The minimum absolute atomic E-state index is 0.0323. The Hall–Kier alpha value is -0.590. The normalized spacial score (nSPS) is 55.2. The number of rotatable bonds is 2. The number of carbonyl (C=O) groups excluding carboxylic acids is 1. The van der Waals surface area contributed by atoms with Crippen LogP contribution in [0.4, 0.5) is 0 Å². The van der Waals surface area contributed by atoms with Crippen molar-refractivity contribution in [3.63, 3.8) is 0 Å². The summed E-state index contributed by atoms with van der Waals surface area (Å²) < 4.78 is 0. The van der Waals surface area contributed by atoms with Crippen LogP contribution in [0.25, 0.3) is 0 Å². The van der Waals surface area contributed by atoms with Crippen molar-refractivity contribution < 1.29 is 4.79 Å². The predicted molar refractivity (Wildman–Crippen MR) is 102 cm³/mol. The Balaban J connectivity index is 1.49. The third-order valence-corrected chi connectivity index (χ3v) is 9.79. The van der Waals surface area contributed by atoms with Crippen molar-refractivity contribution in [2.24, 2.45) is 52.3 Å². The number of allylic oxidation sites excluding steroid dienone is 1. The van der Waals surface area contributed by atoms with Crippen LogP contribution in [0.1, 0.15) is 78.1 Å². The zero-order chi connectivity index (χ0) is 17.4. The Kier molecular flexibility index (Phi) is 3.62. The molecule has 5 aliphatic carbocycles. The van der Waals surface area contributed by atoms with Crippen LogP contribution in [0.5, 0.6) is 0 Å². The van der Waals surface area contributed by atoms with E-state index in [0.717, 1.165) is 41.9 Å². The second-order valence-electron chi connectivity index (χ2n) is 10.9. The van der Waals surface area contributed by atoms with Crippen LogP contribution in [0.3, 0.4) is 0 Å². The van der Waals surface area contributed by atoms with Crippen LogP contribution in [0, 0.1) is 52.3 Å². The summed E-state index contributed by atoms with van der Waals surface area (Å²) in [5.41, 5.74) is 0.453. The maximum atomic E-state index is 13.0. The molecule has 0 N–H and O–H groups in total. The first-order valence-electron chi connectivity index (χ1n) is 11.2. The summed E-state index contributed by atoms with van der Waals surface area (Å²) >= 11 is 0. The first-order chi connectivity index (χ1) is 12.0. The summed E-state index contributed by atoms with van der Waals surface area (Å²) in [6.07, 6.45) is 15.5. The third-order valence-electron chi connectivity index (χ3n) is 9.79. The van der Waals surface area contributed by atoms with Crippen molar-refractivity contribution in [1.29, 1.82) is 0 Å². The monoisotopic (exact) mass is 340 g/mol. The Labute approximate surface area is 154 Å². The number of hydrogen-bond donors (Lipinski definition) is 0. The van der Waals surface area contributed by atoms with Gasteiger partial charge in [-0.05, 0) is 98.2 Å². The lowest BCUT2D eigenvalue weighted by Gasteiger charge is -2.59. The molecule has 0 amide bonds. The van der Waals surface area contributed by atoms with E-state index < -0.39 is 0 Å². The molecule has 0 bridgehead atoms. The topological polar surface area (TPSA) is 17.1 Å². The molecule has 0 radical (unpaired) electrons. The van der Waals surface area contributed by atoms with E-state index >= 15 is 0 Å². The van der Waals surface area contributed by atoms with Gasteiger partial charge in [-0.2, -0.15) is 0 Å². The SMILES string of the molecule is C=C[C@]12CC[C@@H]3C(CC[C@]4(C)C(=O)C[C@@H](C5CC5)C34)[C@H]1CC[C@H](C)C2. The van der Waals surface area contributed by atoms with Crippen LogP contribution < -0.4 is 0 Å². The Morgan fingerprint density at radius 3 is 2.48 bits per heavy atom. The molecule has 0 spiro atoms. The highest BCUT2D eigenvalue weighted by Crippen LogP contribution is 2.68. The van der Waals surface area contributed by atoms with E-state index in [1.807, 2.05) is 0 Å². The maximum Gasteiger partial charge on any atom is 0.139 e. The summed E-state index contributed by atoms with van der Waals surface area (Å²) in [4.78, 5) is 13.0. The molecule has 138 valence electrons. The zero-order valence-corrected chi connectivity index (χ0v) is 16.3. The molecule has 8 atom stereocenters. The van der Waals surface area contributed by atoms with Crippen molar-refractivity contribution in [3.8, 4) is 0 Å². The minimum Gasteiger partial charge on any atom is -0.299 e. The van der Waals surface area contributed by atoms with Crippen LogP contribution in [-0.4, -0.2) is 5.78 Å². The van der Waals surface area contributed by atoms with Crippen LogP contribution in [0.2, 0.25) is 0 Å². The van der Waals surface area contributed by atoms with Crippen molar-refractivity contribution in [1.82, 2.24) is 0 Å². The molecular weight excluding hydrogens is 304 g/mol. The molecule has 25 heavy (non-hydrogen) atoms. The first kappa shape index (κ1) is 16.6. The molecule has 0 saturated heterocycles. The third kappa shape index (κ3) is 2.23. The van der Waals surface area contributed by atoms with Crippen molar-refractivity contribution in [3.05, 3.63) is 12.7 Å². The summed E-state index contributed by atoms with van der Waals surface area (Å²) in [7, 11) is 0. The summed E-state index contributed by atoms with van der Waals surface area (Å²) in [5, 5.41) is 0. The van der Waals surface area contributed by atoms with Gasteiger partial charge in [-0.25, -0.2) is 0 Å². The molecule has 1 heteroatoms. The van der Waals surface area contributed by atoms with Crippen LogP contribution in [-0.2, 0) is 4.79 Å². The van der Waals surface area contributed by atoms with Gasteiger partial charge in [0.1, 0.15) is 5.78 Å². The first-order valence-corrected chi connectivity index (χ1v) is 11.2. The Morgan fingerprint density at radius 2 is 1.76 bits per heavy atom. The van der Waals surface area contributed by atoms with Gasteiger partial charge >= 0.3 is 0 Å². The number of Topliss-reactive ketones (excluding diaryl/α,β-unsaturated/α-hetero) is 1. The smallest absolute Gasteiger partial charge is 0.139 e. The highest BCUT2D eigenvalue weighted by molar-refractivity contribution is 5.87. The lowest BCUT2D eigenvalue weighted by atomic mass is 9.45. The van der Waals surface area contributed by atoms with E-state index in [1.165, 1.54) is 57.8 Å². The van der Waals surface area contributed by atoms with Gasteiger partial charge in [0.05, 0.1) is 0 Å². The van der Waals surface area contributed by atoms with Gasteiger partial charge in [0, 0.05) is 11.8 Å². The van der Waals surface area contributed by atoms with Gasteiger partial charge < -0.3 is 0 Å². The standard InChI is InChI=1S/C24H36O/c1-4-24-12-10-18-17(20(24)8-5-15(2)14-24)9-11-23(3)21(25)13-19(22(18)23)16-6-7-16/h4,15-20,22H,1,5-14H2,2-3H3/t15-,17?,18+,19-,20+,22?,23+,24+/m0/s1. The van der Waals surface area contributed by atoms with Crippen LogP contribution in [0.15, 0.2) is 12.7 Å². The number of fused-ring (bicyclic) bond motifs is 5. The highest BCUT2D eigenvalue weighted by atomic mass is 16.1. The van der Waals surface area contributed by atoms with Crippen LogP contribution >= 0.6 is 0 Å². The molecule has 1 nitrogen and oxygen atoms in total. The molecular formula is C24H36O. The Bertz CT molecular complexity index is 589. The van der Waals surface area contributed by atoms with Gasteiger partial charge in [-0.1, -0.05) is 26.3 Å². The van der Waals surface area contributed by atoms with Crippen molar-refractivity contribution in [2.75, 3.05) is 0 Å². The van der Waals surface area contributed by atoms with E-state index in [2.05, 4.69) is 26.5 Å². The van der Waals surface area contributed by atoms with E-state index in [0.29, 0.717) is 17.1 Å². The zero-order valence-electron chi connectivity index (χ0n) is 16.3. The number of carbonyl (C=O) groups is 1. The lowest BCUT2D eigenvalue weighted by molar-refractivity contribution is -0.136. The average Bonchev–Trinajstić information content (AvgIpc) is 3.40. The molecule has 0 aromatic carbocycles. The molecule has 5 saturated carbocycles. The fourth-order valence-electron chi connectivity index (χ4n) is 8.51. The highest BCUT2D eigenvalue weighted by Gasteiger charge is 2.63. The summed E-state index contributed by atoms with van der Waals surface area (Å²) in [6, 6.07) is 0. The predicted octanol–water partition coefficient (Wildman–Crippen LogP) is 6.04. The Morgan fingerprint density at radius 1 is 1.00 bits per heavy atom. The quantitative estimate of drug-likeness (QED) is 0.560. The second-order valence-corrected chi connectivity index (χ2v) is 10.9. The maximum absolute atomic E-state index is 13.0. The number of hydrogen-bond acceptors (Lipinski definition) is 1. The molecule has 5 rings (SSSR count). The molecule has 2 unspecified atom stereocenters. The van der Waals surface area contributed by atoms with Crippen molar-refractivity contribution in [2.45, 2.75) is 78.1 Å². The van der Waals surface area contributed by atoms with Gasteiger partial charge in [-0.15, -0.1) is 6.58 Å². The second kappa shape index (κ2) is 5.46. The van der Waals surface area contributed by atoms with E-state index in [9.17, 15) is 4.79 Å². The van der Waals surface area contributed by atoms with Gasteiger partial charge in [0.15, 0.2) is 0 Å². The molecule has 5 fully saturated rings. The van der Waals surface area contributed by atoms with Crippen molar-refractivity contribution >= 4 is 5.78 Å².